The minimum Gasteiger partial charge on any atom is -0.294 e. The molecule has 0 bridgehead atoms. The molecular formula is C15H10BrClFIN2. The van der Waals surface area contributed by atoms with Crippen molar-refractivity contribution in [1.82, 2.24) is 9.55 Å². The lowest BCUT2D eigenvalue weighted by molar-refractivity contribution is 0.622. The van der Waals surface area contributed by atoms with Crippen LogP contribution < -0.4 is 0 Å². The fourth-order valence-corrected chi connectivity index (χ4v) is 3.36. The molecule has 0 aliphatic heterocycles. The molecule has 21 heavy (non-hydrogen) atoms. The monoisotopic (exact) mass is 478 g/mol. The summed E-state index contributed by atoms with van der Waals surface area (Å²) in [5.74, 6) is 0.696. The van der Waals surface area contributed by atoms with Crippen molar-refractivity contribution < 1.29 is 4.39 Å². The van der Waals surface area contributed by atoms with Crippen LogP contribution in [0.2, 0.25) is 0 Å². The molecule has 3 rings (SSSR count). The van der Waals surface area contributed by atoms with Crippen molar-refractivity contribution in [2.75, 3.05) is 0 Å². The minimum absolute atomic E-state index is 0.255. The van der Waals surface area contributed by atoms with Gasteiger partial charge in [0.2, 0.25) is 0 Å². The zero-order valence-electron chi connectivity index (χ0n) is 11.0. The summed E-state index contributed by atoms with van der Waals surface area (Å²) in [6.45, 7) is 2.01. The van der Waals surface area contributed by atoms with E-state index in [-0.39, 0.29) is 11.7 Å². The van der Waals surface area contributed by atoms with Crippen LogP contribution in [0.5, 0.6) is 0 Å². The summed E-state index contributed by atoms with van der Waals surface area (Å²) in [5, 5.41) is 0. The molecule has 0 saturated heterocycles. The Balaban J connectivity index is 2.40. The van der Waals surface area contributed by atoms with E-state index in [0.717, 1.165) is 26.8 Å². The van der Waals surface area contributed by atoms with Crippen LogP contribution in [0.4, 0.5) is 4.39 Å². The smallest absolute Gasteiger partial charge is 0.138 e. The highest BCUT2D eigenvalue weighted by molar-refractivity contribution is 14.1. The summed E-state index contributed by atoms with van der Waals surface area (Å²) in [4.78, 5) is 4.52. The SMILES string of the molecule is Cc1cccc(-n2c(CCl)nc3cc(I)c(F)cc32)c1Br. The van der Waals surface area contributed by atoms with Gasteiger partial charge in [-0.25, -0.2) is 9.37 Å². The van der Waals surface area contributed by atoms with Gasteiger partial charge in [0.15, 0.2) is 0 Å². The average Bonchev–Trinajstić information content (AvgIpc) is 2.80. The van der Waals surface area contributed by atoms with Crippen molar-refractivity contribution in [2.24, 2.45) is 0 Å². The van der Waals surface area contributed by atoms with Gasteiger partial charge in [0, 0.05) is 10.5 Å². The van der Waals surface area contributed by atoms with Gasteiger partial charge in [-0.05, 0) is 63.1 Å². The molecule has 3 aromatic rings. The third-order valence-corrected chi connectivity index (χ3v) is 5.40. The first-order valence-corrected chi connectivity index (χ1v) is 8.61. The fraction of sp³-hybridized carbons (Fsp3) is 0.133. The first kappa shape index (κ1) is 15.2. The van der Waals surface area contributed by atoms with E-state index in [1.807, 2.05) is 52.3 Å². The minimum atomic E-state index is -0.255. The van der Waals surface area contributed by atoms with E-state index >= 15 is 0 Å². The van der Waals surface area contributed by atoms with Crippen molar-refractivity contribution in [3.05, 3.63) is 55.6 Å². The molecule has 2 nitrogen and oxygen atoms in total. The maximum Gasteiger partial charge on any atom is 0.138 e. The Bertz CT molecular complexity index is 847. The number of aromatic nitrogens is 2. The Hall–Kier alpha value is -0.660. The molecular weight excluding hydrogens is 469 g/mol. The predicted molar refractivity (Wildman–Crippen MR) is 95.7 cm³/mol. The lowest BCUT2D eigenvalue weighted by Crippen LogP contribution is -2.01. The van der Waals surface area contributed by atoms with Crippen LogP contribution in [0.25, 0.3) is 16.7 Å². The first-order chi connectivity index (χ1) is 10.0. The number of hydrogen-bond acceptors (Lipinski definition) is 1. The van der Waals surface area contributed by atoms with Crippen LogP contribution in [-0.4, -0.2) is 9.55 Å². The van der Waals surface area contributed by atoms with Gasteiger partial charge >= 0.3 is 0 Å². The van der Waals surface area contributed by atoms with Gasteiger partial charge in [-0.2, -0.15) is 0 Å². The van der Waals surface area contributed by atoms with E-state index in [2.05, 4.69) is 20.9 Å². The van der Waals surface area contributed by atoms with Crippen molar-refractivity contribution in [3.8, 4) is 5.69 Å². The van der Waals surface area contributed by atoms with Gasteiger partial charge in [-0.15, -0.1) is 11.6 Å². The summed E-state index contributed by atoms with van der Waals surface area (Å²) >= 11 is 11.6. The summed E-state index contributed by atoms with van der Waals surface area (Å²) in [5.41, 5.74) is 3.47. The highest BCUT2D eigenvalue weighted by Crippen LogP contribution is 2.31. The third-order valence-electron chi connectivity index (χ3n) is 3.30. The van der Waals surface area contributed by atoms with E-state index < -0.39 is 0 Å². The number of fused-ring (bicyclic) bond motifs is 1. The van der Waals surface area contributed by atoms with Gasteiger partial charge in [0.05, 0.1) is 26.2 Å². The normalized spacial score (nSPS) is 11.3. The van der Waals surface area contributed by atoms with Gasteiger partial charge in [0.25, 0.3) is 0 Å². The number of imidazole rings is 1. The molecule has 0 saturated carbocycles. The largest absolute Gasteiger partial charge is 0.294 e. The Labute approximate surface area is 148 Å². The van der Waals surface area contributed by atoms with E-state index in [9.17, 15) is 4.39 Å². The molecule has 0 aliphatic carbocycles. The topological polar surface area (TPSA) is 17.8 Å². The Morgan fingerprint density at radius 1 is 1.38 bits per heavy atom. The average molecular weight is 480 g/mol. The molecule has 0 spiro atoms. The molecule has 0 N–H and O–H groups in total. The molecule has 0 radical (unpaired) electrons. The first-order valence-electron chi connectivity index (χ1n) is 6.20. The predicted octanol–water partition coefficient (Wildman–Crippen LogP) is 5.58. The number of alkyl halides is 1. The van der Waals surface area contributed by atoms with E-state index in [1.54, 1.807) is 6.07 Å². The highest BCUT2D eigenvalue weighted by Gasteiger charge is 2.16. The summed E-state index contributed by atoms with van der Waals surface area (Å²) in [6, 6.07) is 9.18. The van der Waals surface area contributed by atoms with Crippen LogP contribution in [0.1, 0.15) is 11.4 Å². The molecule has 6 heteroatoms. The number of rotatable bonds is 2. The number of benzene rings is 2. The number of hydrogen-bond donors (Lipinski definition) is 0. The van der Waals surface area contributed by atoms with Crippen LogP contribution in [0, 0.1) is 16.3 Å². The second kappa shape index (κ2) is 5.85. The molecule has 108 valence electrons. The summed E-state index contributed by atoms with van der Waals surface area (Å²) in [6.07, 6.45) is 0. The number of nitrogens with zero attached hydrogens (tertiary/aromatic N) is 2. The number of aryl methyl sites for hydroxylation is 1. The lowest BCUT2D eigenvalue weighted by atomic mass is 10.2. The van der Waals surface area contributed by atoms with Crippen molar-refractivity contribution in [3.63, 3.8) is 0 Å². The molecule has 0 fully saturated rings. The second-order valence-corrected chi connectivity index (χ2v) is 6.88. The van der Waals surface area contributed by atoms with Crippen LogP contribution in [0.3, 0.4) is 0 Å². The molecule has 0 unspecified atom stereocenters. The van der Waals surface area contributed by atoms with Crippen LogP contribution >= 0.6 is 50.1 Å². The summed E-state index contributed by atoms with van der Waals surface area (Å²) in [7, 11) is 0. The van der Waals surface area contributed by atoms with Crippen LogP contribution in [-0.2, 0) is 5.88 Å². The zero-order chi connectivity index (χ0) is 15.1. The Morgan fingerprint density at radius 2 is 2.14 bits per heavy atom. The van der Waals surface area contributed by atoms with Crippen molar-refractivity contribution in [2.45, 2.75) is 12.8 Å². The van der Waals surface area contributed by atoms with Gasteiger partial charge in [0.1, 0.15) is 11.6 Å². The summed E-state index contributed by atoms with van der Waals surface area (Å²) < 4.78 is 17.3. The molecule has 0 atom stereocenters. The molecule has 0 aliphatic rings. The number of halogens is 4. The Morgan fingerprint density at radius 3 is 2.86 bits per heavy atom. The fourth-order valence-electron chi connectivity index (χ4n) is 2.29. The van der Waals surface area contributed by atoms with Gasteiger partial charge < -0.3 is 0 Å². The second-order valence-electron chi connectivity index (χ2n) is 4.66. The molecule has 0 amide bonds. The highest BCUT2D eigenvalue weighted by atomic mass is 127. The van der Waals surface area contributed by atoms with Crippen LogP contribution in [0.15, 0.2) is 34.8 Å². The van der Waals surface area contributed by atoms with E-state index in [0.29, 0.717) is 9.39 Å². The molecule has 1 heterocycles. The van der Waals surface area contributed by atoms with Crippen molar-refractivity contribution in [1.29, 1.82) is 0 Å². The standard InChI is InChI=1S/C15H10BrClFIN2/c1-8-3-2-4-12(15(8)16)21-13-5-9(18)10(19)6-11(13)20-14(21)7-17/h2-6H,7H2,1H3. The quantitative estimate of drug-likeness (QED) is 0.347. The van der Waals surface area contributed by atoms with E-state index in [1.165, 1.54) is 6.07 Å². The van der Waals surface area contributed by atoms with Crippen molar-refractivity contribution >= 4 is 61.2 Å². The molecule has 2 aromatic carbocycles. The molecule has 1 aromatic heterocycles. The third kappa shape index (κ3) is 2.59. The Kier molecular flexibility index (Phi) is 4.25. The maximum absolute atomic E-state index is 13.9. The van der Waals surface area contributed by atoms with E-state index in [4.69, 9.17) is 11.6 Å². The van der Waals surface area contributed by atoms with Gasteiger partial charge in [-0.1, -0.05) is 12.1 Å². The maximum atomic E-state index is 13.9. The zero-order valence-corrected chi connectivity index (χ0v) is 15.5. The van der Waals surface area contributed by atoms with Gasteiger partial charge in [-0.3, -0.25) is 4.57 Å². The lowest BCUT2D eigenvalue weighted by Gasteiger charge is -2.12.